The molecule has 7 nitrogen and oxygen atoms in total. The summed E-state index contributed by atoms with van der Waals surface area (Å²) in [6.45, 7) is 3.74. The molecule has 1 fully saturated rings. The minimum Gasteiger partial charge on any atom is -0.349 e. The minimum atomic E-state index is -0.543. The Labute approximate surface area is 160 Å². The highest BCUT2D eigenvalue weighted by molar-refractivity contribution is 6.68. The first-order valence-electron chi connectivity index (χ1n) is 8.65. The molecular weight excluding hydrogens is 366 g/mol. The molecule has 1 aliphatic carbocycles. The minimum absolute atomic E-state index is 0.0812. The van der Waals surface area contributed by atoms with Crippen molar-refractivity contribution in [3.05, 3.63) is 53.0 Å². The first-order chi connectivity index (χ1) is 12.9. The van der Waals surface area contributed by atoms with Gasteiger partial charge in [-0.05, 0) is 61.5 Å². The van der Waals surface area contributed by atoms with Gasteiger partial charge in [0.2, 0.25) is 0 Å². The number of fused-ring (bicyclic) bond motifs is 1. The molecule has 1 saturated carbocycles. The van der Waals surface area contributed by atoms with Crippen molar-refractivity contribution in [2.45, 2.75) is 32.7 Å². The van der Waals surface area contributed by atoms with Crippen LogP contribution in [0.4, 0.5) is 11.5 Å². The van der Waals surface area contributed by atoms with Gasteiger partial charge in [-0.2, -0.15) is 5.10 Å². The van der Waals surface area contributed by atoms with Gasteiger partial charge in [0.25, 0.3) is 11.1 Å². The SMILES string of the molecule is Cc1ccc(C(=O)NC2CC2)cc1Nc1ncnn2cc(C(=O)Cl)c(C)c12. The molecule has 0 bridgehead atoms. The number of benzene rings is 1. The van der Waals surface area contributed by atoms with E-state index in [9.17, 15) is 9.59 Å². The zero-order valence-corrected chi connectivity index (χ0v) is 15.7. The molecule has 2 N–H and O–H groups in total. The highest BCUT2D eigenvalue weighted by Crippen LogP contribution is 2.28. The monoisotopic (exact) mass is 383 g/mol. The molecule has 1 aliphatic rings. The van der Waals surface area contributed by atoms with Crippen LogP contribution in [0.15, 0.2) is 30.7 Å². The zero-order chi connectivity index (χ0) is 19.1. The molecule has 8 heteroatoms. The van der Waals surface area contributed by atoms with Gasteiger partial charge in [0, 0.05) is 23.5 Å². The first kappa shape index (κ1) is 17.5. The predicted octanol–water partition coefficient (Wildman–Crippen LogP) is 3.36. The number of carbonyl (C=O) groups is 2. The summed E-state index contributed by atoms with van der Waals surface area (Å²) in [5.74, 6) is 0.455. The molecule has 138 valence electrons. The number of hydrogen-bond donors (Lipinski definition) is 2. The van der Waals surface area contributed by atoms with E-state index >= 15 is 0 Å². The van der Waals surface area contributed by atoms with E-state index < -0.39 is 5.24 Å². The Kier molecular flexibility index (Phi) is 4.31. The number of nitrogens with one attached hydrogen (secondary N) is 2. The number of nitrogens with zero attached hydrogens (tertiary/aromatic N) is 3. The van der Waals surface area contributed by atoms with Crippen LogP contribution in [0.3, 0.4) is 0 Å². The molecule has 2 aromatic heterocycles. The maximum Gasteiger partial charge on any atom is 0.254 e. The number of rotatable bonds is 5. The third-order valence-electron chi connectivity index (χ3n) is 4.70. The van der Waals surface area contributed by atoms with Crippen LogP contribution in [-0.2, 0) is 0 Å². The Morgan fingerprint density at radius 1 is 1.26 bits per heavy atom. The second kappa shape index (κ2) is 6.66. The molecule has 0 saturated heterocycles. The van der Waals surface area contributed by atoms with Crippen molar-refractivity contribution in [3.8, 4) is 0 Å². The van der Waals surface area contributed by atoms with Crippen LogP contribution in [0.5, 0.6) is 0 Å². The van der Waals surface area contributed by atoms with Crippen LogP contribution in [-0.4, -0.2) is 31.8 Å². The van der Waals surface area contributed by atoms with Crippen molar-refractivity contribution in [2.24, 2.45) is 0 Å². The lowest BCUT2D eigenvalue weighted by molar-refractivity contribution is 0.0950. The Balaban J connectivity index is 1.71. The molecule has 0 spiro atoms. The first-order valence-corrected chi connectivity index (χ1v) is 9.03. The average Bonchev–Trinajstić information content (AvgIpc) is 3.38. The molecule has 27 heavy (non-hydrogen) atoms. The van der Waals surface area contributed by atoms with Crippen molar-refractivity contribution < 1.29 is 9.59 Å². The van der Waals surface area contributed by atoms with Crippen molar-refractivity contribution in [1.29, 1.82) is 0 Å². The van der Waals surface area contributed by atoms with Gasteiger partial charge >= 0.3 is 0 Å². The summed E-state index contributed by atoms with van der Waals surface area (Å²) in [4.78, 5) is 28.3. The average molecular weight is 384 g/mol. The van der Waals surface area contributed by atoms with Crippen molar-refractivity contribution in [2.75, 3.05) is 5.32 Å². The van der Waals surface area contributed by atoms with E-state index in [1.54, 1.807) is 29.8 Å². The van der Waals surface area contributed by atoms with E-state index in [4.69, 9.17) is 11.6 Å². The summed E-state index contributed by atoms with van der Waals surface area (Å²) in [5, 5.41) is 9.86. The fourth-order valence-corrected chi connectivity index (χ4v) is 3.16. The third-order valence-corrected chi connectivity index (χ3v) is 4.91. The zero-order valence-electron chi connectivity index (χ0n) is 14.9. The van der Waals surface area contributed by atoms with E-state index in [-0.39, 0.29) is 5.91 Å². The van der Waals surface area contributed by atoms with E-state index in [1.807, 2.05) is 13.0 Å². The van der Waals surface area contributed by atoms with Crippen molar-refractivity contribution in [1.82, 2.24) is 19.9 Å². The number of aryl methyl sites for hydroxylation is 2. The summed E-state index contributed by atoms with van der Waals surface area (Å²) in [7, 11) is 0. The van der Waals surface area contributed by atoms with Gasteiger partial charge in [0.15, 0.2) is 5.82 Å². The smallest absolute Gasteiger partial charge is 0.254 e. The third kappa shape index (κ3) is 3.38. The van der Waals surface area contributed by atoms with Crippen LogP contribution in [0.1, 0.15) is 44.7 Å². The van der Waals surface area contributed by atoms with Crippen LogP contribution in [0.25, 0.3) is 5.52 Å². The Morgan fingerprint density at radius 3 is 2.74 bits per heavy atom. The molecule has 1 aromatic carbocycles. The second-order valence-electron chi connectivity index (χ2n) is 6.75. The number of anilines is 2. The van der Waals surface area contributed by atoms with Gasteiger partial charge in [-0.3, -0.25) is 9.59 Å². The number of hydrogen-bond acceptors (Lipinski definition) is 5. The summed E-state index contributed by atoms with van der Waals surface area (Å²) in [6.07, 6.45) is 5.06. The predicted molar refractivity (Wildman–Crippen MR) is 103 cm³/mol. The number of carbonyl (C=O) groups excluding carboxylic acids is 2. The second-order valence-corrected chi connectivity index (χ2v) is 7.09. The van der Waals surface area contributed by atoms with Crippen LogP contribution in [0, 0.1) is 13.8 Å². The molecule has 0 aliphatic heterocycles. The van der Waals surface area contributed by atoms with Crippen LogP contribution in [0.2, 0.25) is 0 Å². The molecule has 3 aromatic rings. The van der Waals surface area contributed by atoms with Crippen molar-refractivity contribution in [3.63, 3.8) is 0 Å². The van der Waals surface area contributed by atoms with Gasteiger partial charge in [0.05, 0.1) is 5.56 Å². The summed E-state index contributed by atoms with van der Waals surface area (Å²) < 4.78 is 1.57. The largest absolute Gasteiger partial charge is 0.349 e. The highest BCUT2D eigenvalue weighted by atomic mass is 35.5. The van der Waals surface area contributed by atoms with E-state index in [0.29, 0.717) is 34.1 Å². The molecule has 4 rings (SSSR count). The Morgan fingerprint density at radius 2 is 2.04 bits per heavy atom. The lowest BCUT2D eigenvalue weighted by Gasteiger charge is -2.12. The lowest BCUT2D eigenvalue weighted by atomic mass is 10.1. The van der Waals surface area contributed by atoms with E-state index in [1.165, 1.54) is 6.33 Å². The molecule has 0 unspecified atom stereocenters. The van der Waals surface area contributed by atoms with Gasteiger partial charge in [-0.25, -0.2) is 9.50 Å². The fraction of sp³-hybridized carbons (Fsp3) is 0.263. The van der Waals surface area contributed by atoms with Gasteiger partial charge in [-0.15, -0.1) is 0 Å². The Hall–Kier alpha value is -2.93. The molecule has 0 atom stereocenters. The maximum atomic E-state index is 12.3. The van der Waals surface area contributed by atoms with Crippen LogP contribution >= 0.6 is 11.6 Å². The van der Waals surface area contributed by atoms with Gasteiger partial charge in [-0.1, -0.05) is 6.07 Å². The van der Waals surface area contributed by atoms with Crippen molar-refractivity contribution >= 4 is 39.8 Å². The summed E-state index contributed by atoms with van der Waals surface area (Å²) in [6, 6.07) is 5.80. The van der Waals surface area contributed by atoms with Gasteiger partial charge in [0.1, 0.15) is 11.8 Å². The number of aromatic nitrogens is 3. The molecule has 2 heterocycles. The summed E-state index contributed by atoms with van der Waals surface area (Å²) >= 11 is 5.65. The fourth-order valence-electron chi connectivity index (χ4n) is 2.97. The summed E-state index contributed by atoms with van der Waals surface area (Å²) in [5.41, 5.74) is 4.05. The molecule has 1 amide bonds. The normalized spacial score (nSPS) is 13.6. The maximum absolute atomic E-state index is 12.3. The highest BCUT2D eigenvalue weighted by Gasteiger charge is 2.24. The lowest BCUT2D eigenvalue weighted by Crippen LogP contribution is -2.25. The molecular formula is C19H18ClN5O2. The van der Waals surface area contributed by atoms with E-state index in [0.717, 1.165) is 24.1 Å². The van der Waals surface area contributed by atoms with Crippen LogP contribution < -0.4 is 10.6 Å². The quantitative estimate of drug-likeness (QED) is 0.659. The molecule has 0 radical (unpaired) electrons. The van der Waals surface area contributed by atoms with E-state index in [2.05, 4.69) is 20.7 Å². The standard InChI is InChI=1S/C19H18ClN5O2/c1-10-3-4-12(19(27)23-13-5-6-13)7-15(10)24-18-16-11(2)14(17(20)26)8-25(16)22-9-21-18/h3-4,7-9,13H,5-6H2,1-2H3,(H,23,27)(H,21,22,24). The topological polar surface area (TPSA) is 88.4 Å². The van der Waals surface area contributed by atoms with Gasteiger partial charge < -0.3 is 10.6 Å². The number of amides is 1. The number of halogens is 1. The Bertz CT molecular complexity index is 1070.